The molecule has 0 aromatic carbocycles. The Kier molecular flexibility index (Phi) is 2.57. The van der Waals surface area contributed by atoms with Crippen LogP contribution in [0.5, 0.6) is 0 Å². The number of hydrogen-bond acceptors (Lipinski definition) is 5. The molecular formula is C9H15NO4. The second kappa shape index (κ2) is 3.58. The Labute approximate surface area is 83.0 Å². The summed E-state index contributed by atoms with van der Waals surface area (Å²) in [6.07, 6.45) is -0.472. The molecule has 80 valence electrons. The van der Waals surface area contributed by atoms with E-state index < -0.39 is 5.72 Å². The lowest BCUT2D eigenvalue weighted by Gasteiger charge is -2.27. The van der Waals surface area contributed by atoms with E-state index in [0.717, 1.165) is 0 Å². The van der Waals surface area contributed by atoms with Crippen molar-refractivity contribution in [2.24, 2.45) is 4.99 Å². The fourth-order valence-electron chi connectivity index (χ4n) is 2.13. The van der Waals surface area contributed by atoms with Crippen molar-refractivity contribution in [3.63, 3.8) is 0 Å². The topological polar surface area (TPSA) is 49.3 Å². The van der Waals surface area contributed by atoms with Gasteiger partial charge in [0.1, 0.15) is 18.3 Å². The number of fused-ring (bicyclic) bond motifs is 1. The summed E-state index contributed by atoms with van der Waals surface area (Å²) in [4.78, 5) is 4.03. The zero-order valence-corrected chi connectivity index (χ0v) is 8.43. The molecule has 5 nitrogen and oxygen atoms in total. The van der Waals surface area contributed by atoms with E-state index in [0.29, 0.717) is 13.2 Å². The van der Waals surface area contributed by atoms with Crippen molar-refractivity contribution in [2.45, 2.75) is 24.0 Å². The zero-order valence-electron chi connectivity index (χ0n) is 8.43. The van der Waals surface area contributed by atoms with Crippen LogP contribution in [0.1, 0.15) is 0 Å². The van der Waals surface area contributed by atoms with E-state index in [-0.39, 0.29) is 18.3 Å². The van der Waals surface area contributed by atoms with Crippen LogP contribution in [-0.2, 0) is 18.9 Å². The van der Waals surface area contributed by atoms with Crippen LogP contribution in [-0.4, -0.2) is 58.2 Å². The van der Waals surface area contributed by atoms with E-state index in [4.69, 9.17) is 18.9 Å². The molecule has 0 saturated carbocycles. The summed E-state index contributed by atoms with van der Waals surface area (Å²) in [5.74, 6) is 0. The van der Waals surface area contributed by atoms with Crippen LogP contribution in [0.4, 0.5) is 0 Å². The minimum absolute atomic E-state index is 0.0827. The first-order chi connectivity index (χ1) is 6.78. The smallest absolute Gasteiger partial charge is 0.215 e. The molecule has 2 fully saturated rings. The summed E-state index contributed by atoms with van der Waals surface area (Å²) in [7, 11) is 3.25. The standard InChI is InChI=1S/C9H15NO4/c1-10-9-7(12-3)5-13-8(9)6(11-2)4-14-9/h6-8H,1,4-5H2,2-3H3/t6?,7?,8-,9-/m0/s1. The van der Waals surface area contributed by atoms with Crippen LogP contribution in [0, 0.1) is 0 Å². The Hall–Kier alpha value is -0.490. The van der Waals surface area contributed by atoms with Crippen molar-refractivity contribution in [3.8, 4) is 0 Å². The van der Waals surface area contributed by atoms with Gasteiger partial charge in [0.25, 0.3) is 0 Å². The minimum Gasteiger partial charge on any atom is -0.376 e. The Morgan fingerprint density at radius 3 is 2.71 bits per heavy atom. The van der Waals surface area contributed by atoms with Crippen LogP contribution in [0.3, 0.4) is 0 Å². The first-order valence-electron chi connectivity index (χ1n) is 4.57. The number of rotatable bonds is 3. The third-order valence-corrected chi connectivity index (χ3v) is 2.95. The van der Waals surface area contributed by atoms with Gasteiger partial charge in [-0.05, 0) is 6.72 Å². The van der Waals surface area contributed by atoms with Crippen molar-refractivity contribution < 1.29 is 18.9 Å². The molecule has 0 radical (unpaired) electrons. The molecule has 0 aliphatic carbocycles. The maximum absolute atomic E-state index is 5.62. The third-order valence-electron chi connectivity index (χ3n) is 2.95. The van der Waals surface area contributed by atoms with Gasteiger partial charge in [-0.2, -0.15) is 0 Å². The molecule has 2 rings (SSSR count). The molecule has 2 heterocycles. The Balaban J connectivity index is 2.24. The normalized spacial score (nSPS) is 46.6. The lowest BCUT2D eigenvalue weighted by Crippen LogP contribution is -2.46. The Bertz CT molecular complexity index is 235. The highest BCUT2D eigenvalue weighted by Crippen LogP contribution is 2.40. The summed E-state index contributed by atoms with van der Waals surface area (Å²) >= 11 is 0. The predicted molar refractivity (Wildman–Crippen MR) is 49.6 cm³/mol. The van der Waals surface area contributed by atoms with Gasteiger partial charge in [-0.3, -0.25) is 4.99 Å². The van der Waals surface area contributed by atoms with Crippen LogP contribution in [0.2, 0.25) is 0 Å². The van der Waals surface area contributed by atoms with E-state index in [1.807, 2.05) is 0 Å². The fourth-order valence-corrected chi connectivity index (χ4v) is 2.13. The zero-order chi connectivity index (χ0) is 10.2. The molecule has 0 amide bonds. The van der Waals surface area contributed by atoms with Crippen molar-refractivity contribution >= 4 is 6.72 Å². The Morgan fingerprint density at radius 1 is 1.36 bits per heavy atom. The number of hydrogen-bond donors (Lipinski definition) is 0. The average Bonchev–Trinajstić information content (AvgIpc) is 2.73. The SMILES string of the molecule is C=N[C@@]12OCC(OC)[C@@H]1OCC2OC. The largest absolute Gasteiger partial charge is 0.376 e. The highest BCUT2D eigenvalue weighted by atomic mass is 16.7. The van der Waals surface area contributed by atoms with E-state index in [9.17, 15) is 0 Å². The van der Waals surface area contributed by atoms with Crippen LogP contribution in [0.25, 0.3) is 0 Å². The van der Waals surface area contributed by atoms with Gasteiger partial charge in [0, 0.05) is 14.2 Å². The first kappa shape index (κ1) is 10.0. The van der Waals surface area contributed by atoms with Crippen molar-refractivity contribution in [3.05, 3.63) is 0 Å². The van der Waals surface area contributed by atoms with E-state index >= 15 is 0 Å². The predicted octanol–water partition coefficient (Wildman–Crippen LogP) is -0.158. The molecule has 0 aromatic heterocycles. The molecule has 0 spiro atoms. The molecule has 2 aliphatic heterocycles. The van der Waals surface area contributed by atoms with Gasteiger partial charge in [0.15, 0.2) is 0 Å². The van der Waals surface area contributed by atoms with E-state index in [1.54, 1.807) is 14.2 Å². The van der Waals surface area contributed by atoms with Gasteiger partial charge in [0.2, 0.25) is 5.72 Å². The number of methoxy groups -OCH3 is 2. The first-order valence-corrected chi connectivity index (χ1v) is 4.57. The number of nitrogens with zero attached hydrogens (tertiary/aromatic N) is 1. The summed E-state index contributed by atoms with van der Waals surface area (Å²) in [6, 6.07) is 0. The van der Waals surface area contributed by atoms with Gasteiger partial charge in [-0.1, -0.05) is 0 Å². The third kappa shape index (κ3) is 1.13. The van der Waals surface area contributed by atoms with Gasteiger partial charge in [-0.15, -0.1) is 0 Å². The second-order valence-electron chi connectivity index (χ2n) is 3.47. The van der Waals surface area contributed by atoms with Crippen LogP contribution in [0.15, 0.2) is 4.99 Å². The molecule has 0 bridgehead atoms. The monoisotopic (exact) mass is 201 g/mol. The van der Waals surface area contributed by atoms with Gasteiger partial charge >= 0.3 is 0 Å². The summed E-state index contributed by atoms with van der Waals surface area (Å²) in [5, 5.41) is 0. The van der Waals surface area contributed by atoms with Gasteiger partial charge in [-0.25, -0.2) is 0 Å². The molecule has 2 aliphatic rings. The van der Waals surface area contributed by atoms with Crippen molar-refractivity contribution in [1.29, 1.82) is 0 Å². The van der Waals surface area contributed by atoms with Crippen LogP contribution >= 0.6 is 0 Å². The van der Waals surface area contributed by atoms with Gasteiger partial charge < -0.3 is 18.9 Å². The van der Waals surface area contributed by atoms with E-state index in [2.05, 4.69) is 11.7 Å². The van der Waals surface area contributed by atoms with Gasteiger partial charge in [0.05, 0.1) is 13.2 Å². The molecule has 14 heavy (non-hydrogen) atoms. The second-order valence-corrected chi connectivity index (χ2v) is 3.47. The molecular weight excluding hydrogens is 186 g/mol. The lowest BCUT2D eigenvalue weighted by atomic mass is 10.0. The van der Waals surface area contributed by atoms with E-state index in [1.165, 1.54) is 0 Å². The highest BCUT2D eigenvalue weighted by molar-refractivity contribution is 5.28. The highest BCUT2D eigenvalue weighted by Gasteiger charge is 2.60. The van der Waals surface area contributed by atoms with Crippen molar-refractivity contribution in [1.82, 2.24) is 0 Å². The Morgan fingerprint density at radius 2 is 2.14 bits per heavy atom. The quantitative estimate of drug-likeness (QED) is 0.595. The average molecular weight is 201 g/mol. The molecule has 2 saturated heterocycles. The minimum atomic E-state index is -0.768. The lowest BCUT2D eigenvalue weighted by molar-refractivity contribution is -0.0832. The molecule has 0 aromatic rings. The number of ether oxygens (including phenoxy) is 4. The molecule has 4 atom stereocenters. The summed E-state index contributed by atoms with van der Waals surface area (Å²) in [5.41, 5.74) is -0.768. The van der Waals surface area contributed by atoms with Crippen molar-refractivity contribution in [2.75, 3.05) is 27.4 Å². The maximum atomic E-state index is 5.62. The molecule has 2 unspecified atom stereocenters. The summed E-state index contributed by atoms with van der Waals surface area (Å²) in [6.45, 7) is 4.50. The molecule has 5 heteroatoms. The molecule has 0 N–H and O–H groups in total. The maximum Gasteiger partial charge on any atom is 0.215 e. The van der Waals surface area contributed by atoms with Crippen LogP contribution < -0.4 is 0 Å². The summed E-state index contributed by atoms with van der Waals surface area (Å²) < 4.78 is 21.7. The number of aliphatic imine (C=N–C) groups is 1. The fraction of sp³-hybridized carbons (Fsp3) is 0.889.